The SMILES string of the molecule is CC(NC(=O)NCCCC(=O)O)C(=O)O. The number of carbonyl (C=O) groups is 3. The molecule has 0 aromatic heterocycles. The quantitative estimate of drug-likeness (QED) is 0.454. The number of carboxylic acids is 2. The van der Waals surface area contributed by atoms with Crippen molar-refractivity contribution in [3.05, 3.63) is 0 Å². The van der Waals surface area contributed by atoms with E-state index in [1.54, 1.807) is 0 Å². The highest BCUT2D eigenvalue weighted by molar-refractivity contribution is 5.82. The summed E-state index contributed by atoms with van der Waals surface area (Å²) in [5.41, 5.74) is 0. The third kappa shape index (κ3) is 7.29. The summed E-state index contributed by atoms with van der Waals surface area (Å²) in [7, 11) is 0. The molecular weight excluding hydrogens is 204 g/mol. The molecule has 15 heavy (non-hydrogen) atoms. The van der Waals surface area contributed by atoms with E-state index in [2.05, 4.69) is 10.6 Å². The lowest BCUT2D eigenvalue weighted by molar-refractivity contribution is -0.139. The van der Waals surface area contributed by atoms with E-state index in [4.69, 9.17) is 10.2 Å². The van der Waals surface area contributed by atoms with Gasteiger partial charge in [-0.05, 0) is 13.3 Å². The molecule has 0 heterocycles. The van der Waals surface area contributed by atoms with Gasteiger partial charge in [-0.15, -0.1) is 0 Å². The van der Waals surface area contributed by atoms with Crippen molar-refractivity contribution >= 4 is 18.0 Å². The lowest BCUT2D eigenvalue weighted by Gasteiger charge is -2.09. The second kappa shape index (κ2) is 6.63. The minimum absolute atomic E-state index is 0.0330. The molecule has 0 saturated carbocycles. The molecule has 0 aliphatic carbocycles. The summed E-state index contributed by atoms with van der Waals surface area (Å²) in [5.74, 6) is -2.06. The number of amides is 2. The van der Waals surface area contributed by atoms with E-state index in [1.165, 1.54) is 6.92 Å². The number of urea groups is 1. The maximum atomic E-state index is 11.0. The van der Waals surface area contributed by atoms with Crippen LogP contribution in [-0.4, -0.2) is 40.8 Å². The fourth-order valence-corrected chi connectivity index (χ4v) is 0.751. The van der Waals surface area contributed by atoms with Crippen LogP contribution in [0.4, 0.5) is 4.79 Å². The first kappa shape index (κ1) is 13.2. The van der Waals surface area contributed by atoms with Gasteiger partial charge < -0.3 is 20.8 Å². The van der Waals surface area contributed by atoms with E-state index in [1.807, 2.05) is 0 Å². The first-order chi connectivity index (χ1) is 6.93. The molecule has 0 radical (unpaired) electrons. The molecular formula is C8H14N2O5. The largest absolute Gasteiger partial charge is 0.481 e. The van der Waals surface area contributed by atoms with E-state index in [9.17, 15) is 14.4 Å². The number of hydrogen-bond acceptors (Lipinski definition) is 3. The van der Waals surface area contributed by atoms with Crippen LogP contribution in [0.25, 0.3) is 0 Å². The van der Waals surface area contributed by atoms with Crippen LogP contribution < -0.4 is 10.6 Å². The Morgan fingerprint density at radius 1 is 1.27 bits per heavy atom. The summed E-state index contributed by atoms with van der Waals surface area (Å²) in [4.78, 5) is 31.4. The van der Waals surface area contributed by atoms with E-state index < -0.39 is 24.0 Å². The predicted molar refractivity (Wildman–Crippen MR) is 50.5 cm³/mol. The van der Waals surface area contributed by atoms with Crippen LogP contribution in [0.15, 0.2) is 0 Å². The fourth-order valence-electron chi connectivity index (χ4n) is 0.751. The number of nitrogens with one attached hydrogen (secondary N) is 2. The standard InChI is InChI=1S/C8H14N2O5/c1-5(7(13)14)10-8(15)9-4-2-3-6(11)12/h5H,2-4H2,1H3,(H,11,12)(H,13,14)(H2,9,10,15). The van der Waals surface area contributed by atoms with Crippen molar-refractivity contribution in [2.45, 2.75) is 25.8 Å². The van der Waals surface area contributed by atoms with E-state index >= 15 is 0 Å². The number of aliphatic carboxylic acids is 2. The molecule has 0 aromatic carbocycles. The molecule has 1 unspecified atom stereocenters. The van der Waals surface area contributed by atoms with Gasteiger partial charge in [-0.3, -0.25) is 9.59 Å². The molecule has 0 aliphatic rings. The van der Waals surface area contributed by atoms with Crippen molar-refractivity contribution in [1.82, 2.24) is 10.6 Å². The van der Waals surface area contributed by atoms with Gasteiger partial charge in [0.25, 0.3) is 0 Å². The normalized spacial score (nSPS) is 11.5. The van der Waals surface area contributed by atoms with Crippen molar-refractivity contribution in [3.8, 4) is 0 Å². The smallest absolute Gasteiger partial charge is 0.325 e. The van der Waals surface area contributed by atoms with Gasteiger partial charge >= 0.3 is 18.0 Å². The Labute approximate surface area is 86.5 Å². The Hall–Kier alpha value is -1.79. The topological polar surface area (TPSA) is 116 Å². The average molecular weight is 218 g/mol. The minimum Gasteiger partial charge on any atom is -0.481 e. The van der Waals surface area contributed by atoms with Gasteiger partial charge in [-0.25, -0.2) is 4.79 Å². The summed E-state index contributed by atoms with van der Waals surface area (Å²) < 4.78 is 0. The molecule has 7 heteroatoms. The lowest BCUT2D eigenvalue weighted by Crippen LogP contribution is -2.44. The van der Waals surface area contributed by atoms with Gasteiger partial charge in [0.1, 0.15) is 6.04 Å². The Morgan fingerprint density at radius 2 is 1.87 bits per heavy atom. The molecule has 0 fully saturated rings. The summed E-state index contributed by atoms with van der Waals surface area (Å²) in [6.07, 6.45) is 0.277. The first-order valence-electron chi connectivity index (χ1n) is 4.42. The second-order valence-corrected chi connectivity index (χ2v) is 2.96. The summed E-state index contributed by atoms with van der Waals surface area (Å²) >= 11 is 0. The van der Waals surface area contributed by atoms with Crippen molar-refractivity contribution < 1.29 is 24.6 Å². The summed E-state index contributed by atoms with van der Waals surface area (Å²) in [6, 6.07) is -1.58. The highest BCUT2D eigenvalue weighted by Crippen LogP contribution is 1.86. The number of hydrogen-bond donors (Lipinski definition) is 4. The lowest BCUT2D eigenvalue weighted by atomic mass is 10.3. The zero-order valence-corrected chi connectivity index (χ0v) is 8.32. The Balaban J connectivity index is 3.58. The summed E-state index contributed by atoms with van der Waals surface area (Å²) in [5, 5.41) is 21.3. The second-order valence-electron chi connectivity index (χ2n) is 2.96. The zero-order chi connectivity index (χ0) is 11.8. The molecule has 0 rings (SSSR count). The van der Waals surface area contributed by atoms with Crippen LogP contribution >= 0.6 is 0 Å². The van der Waals surface area contributed by atoms with Gasteiger partial charge in [-0.2, -0.15) is 0 Å². The Morgan fingerprint density at radius 3 is 2.33 bits per heavy atom. The molecule has 4 N–H and O–H groups in total. The molecule has 0 bridgehead atoms. The van der Waals surface area contributed by atoms with Crippen LogP contribution in [0, 0.1) is 0 Å². The molecule has 7 nitrogen and oxygen atoms in total. The first-order valence-corrected chi connectivity index (χ1v) is 4.42. The summed E-state index contributed by atoms with van der Waals surface area (Å²) in [6.45, 7) is 1.53. The maximum absolute atomic E-state index is 11.0. The Kier molecular flexibility index (Phi) is 5.84. The number of rotatable bonds is 6. The van der Waals surface area contributed by atoms with E-state index in [-0.39, 0.29) is 13.0 Å². The number of carbonyl (C=O) groups excluding carboxylic acids is 1. The molecule has 0 aromatic rings. The monoisotopic (exact) mass is 218 g/mol. The van der Waals surface area contributed by atoms with Crippen LogP contribution in [0.1, 0.15) is 19.8 Å². The van der Waals surface area contributed by atoms with Gasteiger partial charge in [0.2, 0.25) is 0 Å². The van der Waals surface area contributed by atoms with E-state index in [0.717, 1.165) is 0 Å². The molecule has 0 saturated heterocycles. The van der Waals surface area contributed by atoms with Gasteiger partial charge in [0.05, 0.1) is 0 Å². The third-order valence-corrected chi connectivity index (χ3v) is 1.57. The average Bonchev–Trinajstić information content (AvgIpc) is 2.12. The van der Waals surface area contributed by atoms with Crippen molar-refractivity contribution in [2.24, 2.45) is 0 Å². The highest BCUT2D eigenvalue weighted by atomic mass is 16.4. The van der Waals surface area contributed by atoms with Gasteiger partial charge in [-0.1, -0.05) is 0 Å². The van der Waals surface area contributed by atoms with Crippen LogP contribution in [-0.2, 0) is 9.59 Å². The van der Waals surface area contributed by atoms with Crippen molar-refractivity contribution in [2.75, 3.05) is 6.54 Å². The van der Waals surface area contributed by atoms with E-state index in [0.29, 0.717) is 6.42 Å². The molecule has 0 aliphatic heterocycles. The predicted octanol–water partition coefficient (Wildman–Crippen LogP) is -0.376. The van der Waals surface area contributed by atoms with Crippen LogP contribution in [0.3, 0.4) is 0 Å². The highest BCUT2D eigenvalue weighted by Gasteiger charge is 2.12. The van der Waals surface area contributed by atoms with Crippen LogP contribution in [0.5, 0.6) is 0 Å². The number of carboxylic acid groups (broad SMARTS) is 2. The fraction of sp³-hybridized carbons (Fsp3) is 0.625. The molecule has 2 amide bonds. The molecule has 86 valence electrons. The molecule has 0 spiro atoms. The van der Waals surface area contributed by atoms with Gasteiger partial charge in [0, 0.05) is 13.0 Å². The maximum Gasteiger partial charge on any atom is 0.325 e. The van der Waals surface area contributed by atoms with Crippen molar-refractivity contribution in [1.29, 1.82) is 0 Å². The minimum atomic E-state index is -1.13. The van der Waals surface area contributed by atoms with Crippen molar-refractivity contribution in [3.63, 3.8) is 0 Å². The Bertz CT molecular complexity index is 253. The molecule has 1 atom stereocenters. The zero-order valence-electron chi connectivity index (χ0n) is 8.32. The third-order valence-electron chi connectivity index (χ3n) is 1.57. The van der Waals surface area contributed by atoms with Gasteiger partial charge in [0.15, 0.2) is 0 Å². The van der Waals surface area contributed by atoms with Crippen LogP contribution in [0.2, 0.25) is 0 Å².